The molecule has 4 nitrogen and oxygen atoms in total. The molecule has 116 valence electrons. The van der Waals surface area contributed by atoms with Crippen LogP contribution in [0, 0.1) is 23.4 Å². The number of amides is 2. The van der Waals surface area contributed by atoms with E-state index in [-0.39, 0.29) is 12.0 Å². The number of anilines is 1. The third-order valence-electron chi connectivity index (χ3n) is 3.59. The van der Waals surface area contributed by atoms with E-state index >= 15 is 0 Å². The summed E-state index contributed by atoms with van der Waals surface area (Å²) in [6.45, 7) is 0.341. The van der Waals surface area contributed by atoms with E-state index in [1.54, 1.807) is 0 Å². The molecule has 0 heterocycles. The van der Waals surface area contributed by atoms with Crippen LogP contribution in [-0.4, -0.2) is 23.8 Å². The van der Waals surface area contributed by atoms with Crippen molar-refractivity contribution in [1.29, 1.82) is 0 Å². The lowest BCUT2D eigenvalue weighted by Gasteiger charge is -2.25. The summed E-state index contributed by atoms with van der Waals surface area (Å²) in [6.07, 6.45) is 2.82. The minimum absolute atomic E-state index is 0.161. The van der Waals surface area contributed by atoms with Gasteiger partial charge in [-0.3, -0.25) is 0 Å². The van der Waals surface area contributed by atoms with E-state index in [0.29, 0.717) is 13.0 Å². The molecular formula is C14H17F3N2O2. The predicted octanol–water partition coefficient (Wildman–Crippen LogP) is 2.78. The molecular weight excluding hydrogens is 285 g/mol. The standard InChI is InChI=1S/C14H17F3N2O2/c15-10-4-5-11(13(17)12(10)16)19-14(21)18-7-8-2-1-3-9(20)6-8/h4-5,8-9,20H,1-3,6-7H2,(H2,18,19,21). The van der Waals surface area contributed by atoms with Gasteiger partial charge in [0.2, 0.25) is 0 Å². The summed E-state index contributed by atoms with van der Waals surface area (Å²) in [7, 11) is 0. The lowest BCUT2D eigenvalue weighted by molar-refractivity contribution is 0.101. The largest absolute Gasteiger partial charge is 0.393 e. The molecule has 2 rings (SSSR count). The van der Waals surface area contributed by atoms with E-state index < -0.39 is 29.2 Å². The summed E-state index contributed by atoms with van der Waals surface area (Å²) >= 11 is 0. The zero-order valence-electron chi connectivity index (χ0n) is 11.3. The Morgan fingerprint density at radius 1 is 1.24 bits per heavy atom. The highest BCUT2D eigenvalue weighted by molar-refractivity contribution is 5.89. The van der Waals surface area contributed by atoms with Gasteiger partial charge in [0.15, 0.2) is 17.5 Å². The Kier molecular flexibility index (Phi) is 5.06. The van der Waals surface area contributed by atoms with Crippen LogP contribution >= 0.6 is 0 Å². The van der Waals surface area contributed by atoms with Gasteiger partial charge in [0, 0.05) is 6.54 Å². The van der Waals surface area contributed by atoms with Crippen LogP contribution < -0.4 is 10.6 Å². The maximum Gasteiger partial charge on any atom is 0.319 e. The van der Waals surface area contributed by atoms with Crippen molar-refractivity contribution in [1.82, 2.24) is 5.32 Å². The van der Waals surface area contributed by atoms with Crippen LogP contribution in [0.4, 0.5) is 23.7 Å². The van der Waals surface area contributed by atoms with Gasteiger partial charge >= 0.3 is 6.03 Å². The molecule has 1 fully saturated rings. The minimum Gasteiger partial charge on any atom is -0.393 e. The van der Waals surface area contributed by atoms with E-state index in [4.69, 9.17) is 0 Å². The van der Waals surface area contributed by atoms with Crippen LogP contribution in [0.25, 0.3) is 0 Å². The van der Waals surface area contributed by atoms with Crippen molar-refractivity contribution in [3.63, 3.8) is 0 Å². The topological polar surface area (TPSA) is 61.4 Å². The van der Waals surface area contributed by atoms with Crippen molar-refractivity contribution in [2.45, 2.75) is 31.8 Å². The molecule has 0 radical (unpaired) electrons. The number of hydrogen-bond donors (Lipinski definition) is 3. The molecule has 0 bridgehead atoms. The first-order chi connectivity index (χ1) is 9.97. The van der Waals surface area contributed by atoms with Crippen molar-refractivity contribution >= 4 is 11.7 Å². The molecule has 0 aliphatic heterocycles. The minimum atomic E-state index is -1.62. The van der Waals surface area contributed by atoms with Gasteiger partial charge in [-0.1, -0.05) is 6.42 Å². The van der Waals surface area contributed by atoms with Crippen molar-refractivity contribution in [2.24, 2.45) is 5.92 Å². The smallest absolute Gasteiger partial charge is 0.319 e. The van der Waals surface area contributed by atoms with Crippen molar-refractivity contribution in [3.8, 4) is 0 Å². The molecule has 1 aromatic rings. The molecule has 1 aliphatic rings. The number of nitrogens with one attached hydrogen (secondary N) is 2. The summed E-state index contributed by atoms with van der Waals surface area (Å²) in [6, 6.07) is 1.00. The summed E-state index contributed by atoms with van der Waals surface area (Å²) in [5, 5.41) is 14.2. The average molecular weight is 302 g/mol. The molecule has 1 aromatic carbocycles. The highest BCUT2D eigenvalue weighted by Gasteiger charge is 2.21. The number of urea groups is 1. The van der Waals surface area contributed by atoms with Gasteiger partial charge in [0.25, 0.3) is 0 Å². The average Bonchev–Trinajstić information content (AvgIpc) is 2.46. The van der Waals surface area contributed by atoms with Crippen LogP contribution in [0.3, 0.4) is 0 Å². The van der Waals surface area contributed by atoms with Crippen molar-refractivity contribution < 1.29 is 23.1 Å². The van der Waals surface area contributed by atoms with E-state index in [2.05, 4.69) is 10.6 Å². The van der Waals surface area contributed by atoms with Gasteiger partial charge < -0.3 is 15.7 Å². The second-order valence-electron chi connectivity index (χ2n) is 5.24. The monoisotopic (exact) mass is 302 g/mol. The number of aliphatic hydroxyl groups is 1. The molecule has 21 heavy (non-hydrogen) atoms. The van der Waals surface area contributed by atoms with E-state index in [1.807, 2.05) is 0 Å². The Morgan fingerprint density at radius 2 is 2.00 bits per heavy atom. The molecule has 0 aromatic heterocycles. The normalized spacial score (nSPS) is 21.9. The summed E-state index contributed by atoms with van der Waals surface area (Å²) < 4.78 is 39.1. The maximum atomic E-state index is 13.4. The molecule has 7 heteroatoms. The first-order valence-electron chi connectivity index (χ1n) is 6.83. The fourth-order valence-corrected chi connectivity index (χ4v) is 2.47. The highest BCUT2D eigenvalue weighted by atomic mass is 19.2. The lowest BCUT2D eigenvalue weighted by Crippen LogP contribution is -2.35. The van der Waals surface area contributed by atoms with Crippen LogP contribution in [0.15, 0.2) is 12.1 Å². The Hall–Kier alpha value is -1.76. The highest BCUT2D eigenvalue weighted by Crippen LogP contribution is 2.23. The number of benzene rings is 1. The van der Waals surface area contributed by atoms with Crippen LogP contribution in [0.2, 0.25) is 0 Å². The molecule has 1 saturated carbocycles. The predicted molar refractivity (Wildman–Crippen MR) is 71.3 cm³/mol. The Labute approximate surface area is 120 Å². The lowest BCUT2D eigenvalue weighted by atomic mass is 9.87. The molecule has 2 unspecified atom stereocenters. The SMILES string of the molecule is O=C(NCC1CCCC(O)C1)Nc1ccc(F)c(F)c1F. The van der Waals surface area contributed by atoms with Crippen molar-refractivity contribution in [3.05, 3.63) is 29.6 Å². The van der Waals surface area contributed by atoms with E-state index in [0.717, 1.165) is 31.4 Å². The fourth-order valence-electron chi connectivity index (χ4n) is 2.47. The zero-order valence-corrected chi connectivity index (χ0v) is 11.3. The second kappa shape index (κ2) is 6.80. The first kappa shape index (κ1) is 15.6. The number of carbonyl (C=O) groups is 1. The molecule has 0 spiro atoms. The Morgan fingerprint density at radius 3 is 2.71 bits per heavy atom. The fraction of sp³-hybridized carbons (Fsp3) is 0.500. The molecule has 2 atom stereocenters. The first-order valence-corrected chi connectivity index (χ1v) is 6.83. The summed E-state index contributed by atoms with van der Waals surface area (Å²) in [4.78, 5) is 11.6. The summed E-state index contributed by atoms with van der Waals surface area (Å²) in [5.41, 5.74) is -0.421. The number of carbonyl (C=O) groups excluding carboxylic acids is 1. The molecule has 0 saturated heterocycles. The van der Waals surface area contributed by atoms with E-state index in [1.165, 1.54) is 0 Å². The van der Waals surface area contributed by atoms with Crippen LogP contribution in [0.1, 0.15) is 25.7 Å². The number of aliphatic hydroxyl groups excluding tert-OH is 1. The number of rotatable bonds is 3. The Balaban J connectivity index is 1.86. The van der Waals surface area contributed by atoms with Gasteiger partial charge in [-0.25, -0.2) is 18.0 Å². The molecule has 1 aliphatic carbocycles. The van der Waals surface area contributed by atoms with Crippen LogP contribution in [0.5, 0.6) is 0 Å². The third kappa shape index (κ3) is 4.10. The quantitative estimate of drug-likeness (QED) is 0.752. The van der Waals surface area contributed by atoms with Gasteiger partial charge in [-0.2, -0.15) is 0 Å². The van der Waals surface area contributed by atoms with Gasteiger partial charge in [-0.05, 0) is 37.3 Å². The number of halogens is 3. The van der Waals surface area contributed by atoms with E-state index in [9.17, 15) is 23.1 Å². The number of hydrogen-bond acceptors (Lipinski definition) is 2. The van der Waals surface area contributed by atoms with Crippen LogP contribution in [-0.2, 0) is 0 Å². The second-order valence-corrected chi connectivity index (χ2v) is 5.24. The maximum absolute atomic E-state index is 13.4. The van der Waals surface area contributed by atoms with Gasteiger partial charge in [0.05, 0.1) is 11.8 Å². The van der Waals surface area contributed by atoms with Gasteiger partial charge in [-0.15, -0.1) is 0 Å². The van der Waals surface area contributed by atoms with Gasteiger partial charge in [0.1, 0.15) is 0 Å². The molecule has 3 N–H and O–H groups in total. The molecule has 2 amide bonds. The summed E-state index contributed by atoms with van der Waals surface area (Å²) in [5.74, 6) is -4.20. The third-order valence-corrected chi connectivity index (χ3v) is 3.59. The zero-order chi connectivity index (χ0) is 15.4. The van der Waals surface area contributed by atoms with Crippen molar-refractivity contribution in [2.75, 3.05) is 11.9 Å². The Bertz CT molecular complexity index is 525.